The highest BCUT2D eigenvalue weighted by molar-refractivity contribution is 7.18. The van der Waals surface area contributed by atoms with E-state index < -0.39 is 0 Å². The summed E-state index contributed by atoms with van der Waals surface area (Å²) >= 11 is 1.18. The second-order valence-electron chi connectivity index (χ2n) is 7.33. The summed E-state index contributed by atoms with van der Waals surface area (Å²) in [6, 6.07) is 11.5. The third-order valence-corrected chi connectivity index (χ3v) is 6.24. The van der Waals surface area contributed by atoms with E-state index in [0.29, 0.717) is 33.3 Å². The van der Waals surface area contributed by atoms with E-state index in [0.717, 1.165) is 22.5 Å². The minimum atomic E-state index is -0.203. The maximum Gasteiger partial charge on any atom is 0.226 e. The Morgan fingerprint density at radius 2 is 1.94 bits per heavy atom. The molecular formula is C23H20N6O2S. The number of carbonyl (C=O) groups excluding carboxylic acids is 2. The summed E-state index contributed by atoms with van der Waals surface area (Å²) in [6.45, 7) is 5.25. The first-order valence-electron chi connectivity index (χ1n) is 10.00. The van der Waals surface area contributed by atoms with Gasteiger partial charge in [-0.15, -0.1) is 0 Å². The Morgan fingerprint density at radius 3 is 2.62 bits per heavy atom. The number of hydrogen-bond acceptors (Lipinski definition) is 7. The lowest BCUT2D eigenvalue weighted by Crippen LogP contribution is -2.14. The van der Waals surface area contributed by atoms with Crippen LogP contribution in [0.1, 0.15) is 45.5 Å². The van der Waals surface area contributed by atoms with E-state index in [1.54, 1.807) is 4.52 Å². The number of nitriles is 1. The summed E-state index contributed by atoms with van der Waals surface area (Å²) < 4.78 is 1.63. The average Bonchev–Trinajstić information content (AvgIpc) is 3.38. The van der Waals surface area contributed by atoms with E-state index in [2.05, 4.69) is 26.5 Å². The average molecular weight is 445 g/mol. The number of nitrogens with zero attached hydrogens (tertiary/aromatic N) is 5. The molecule has 0 atom stereocenters. The van der Waals surface area contributed by atoms with Crippen LogP contribution in [0.25, 0.3) is 16.9 Å². The largest absolute Gasteiger partial charge is 0.302 e. The van der Waals surface area contributed by atoms with Crippen molar-refractivity contribution in [2.45, 2.75) is 33.6 Å². The molecule has 0 aliphatic heterocycles. The molecule has 1 aromatic carbocycles. The Labute approximate surface area is 188 Å². The van der Waals surface area contributed by atoms with E-state index in [4.69, 9.17) is 0 Å². The van der Waals surface area contributed by atoms with Crippen molar-refractivity contribution in [2.75, 3.05) is 5.32 Å². The third-order valence-electron chi connectivity index (χ3n) is 5.17. The van der Waals surface area contributed by atoms with Gasteiger partial charge in [-0.05, 0) is 25.8 Å². The first-order chi connectivity index (χ1) is 15.4. The van der Waals surface area contributed by atoms with Crippen LogP contribution in [0.5, 0.6) is 0 Å². The molecular weight excluding hydrogens is 424 g/mol. The van der Waals surface area contributed by atoms with Crippen LogP contribution in [-0.4, -0.2) is 31.3 Å². The zero-order valence-corrected chi connectivity index (χ0v) is 18.7. The Kier molecular flexibility index (Phi) is 5.79. The third kappa shape index (κ3) is 4.00. The van der Waals surface area contributed by atoms with Crippen molar-refractivity contribution in [3.8, 4) is 17.3 Å². The van der Waals surface area contributed by atoms with Crippen molar-refractivity contribution in [3.05, 3.63) is 63.9 Å². The van der Waals surface area contributed by atoms with Gasteiger partial charge >= 0.3 is 0 Å². The fourth-order valence-corrected chi connectivity index (χ4v) is 4.47. The first kappa shape index (κ1) is 21.3. The number of amides is 1. The molecule has 1 N–H and O–H groups in total. The zero-order valence-electron chi connectivity index (χ0n) is 17.8. The fraction of sp³-hybridized carbons (Fsp3) is 0.217. The molecule has 3 heterocycles. The van der Waals surface area contributed by atoms with Crippen LogP contribution in [-0.2, 0) is 11.2 Å². The lowest BCUT2D eigenvalue weighted by Gasteiger charge is -2.11. The molecule has 0 aliphatic carbocycles. The van der Waals surface area contributed by atoms with Crippen LogP contribution in [0.4, 0.5) is 5.13 Å². The number of carbonyl (C=O) groups is 2. The fourth-order valence-electron chi connectivity index (χ4n) is 3.58. The second-order valence-corrected chi connectivity index (χ2v) is 8.33. The number of benzene rings is 1. The number of ketones is 1. The lowest BCUT2D eigenvalue weighted by atomic mass is 10.1. The number of hydrogen-bond donors (Lipinski definition) is 1. The van der Waals surface area contributed by atoms with Gasteiger partial charge in [0.1, 0.15) is 11.6 Å². The summed E-state index contributed by atoms with van der Waals surface area (Å²) in [5, 5.41) is 16.6. The van der Waals surface area contributed by atoms with Crippen molar-refractivity contribution in [2.24, 2.45) is 0 Å². The molecule has 9 heteroatoms. The number of thiazole rings is 1. The molecule has 0 aliphatic rings. The number of nitrogens with one attached hydrogen (secondary N) is 1. The summed E-state index contributed by atoms with van der Waals surface area (Å²) in [5.74, 6) is -0.297. The normalized spacial score (nSPS) is 10.8. The predicted octanol–water partition coefficient (Wildman–Crippen LogP) is 4.12. The first-order valence-corrected chi connectivity index (χ1v) is 10.8. The van der Waals surface area contributed by atoms with E-state index in [9.17, 15) is 14.9 Å². The van der Waals surface area contributed by atoms with Gasteiger partial charge < -0.3 is 5.32 Å². The second kappa shape index (κ2) is 8.69. The number of Topliss-reactive ketones (excluding diaryl/α,β-unsaturated/α-hetero) is 1. The van der Waals surface area contributed by atoms with E-state index >= 15 is 0 Å². The number of fused-ring (bicyclic) bond motifs is 1. The number of anilines is 1. The SMILES string of the molecule is CC(=O)c1sc(NC(=O)CCc2c(C)nc3c(C#N)cnn3c2C)nc1-c1ccccc1. The van der Waals surface area contributed by atoms with Gasteiger partial charge in [0.25, 0.3) is 0 Å². The Hall–Kier alpha value is -3.90. The van der Waals surface area contributed by atoms with Gasteiger partial charge in [-0.1, -0.05) is 41.7 Å². The van der Waals surface area contributed by atoms with Crippen LogP contribution >= 0.6 is 11.3 Å². The number of rotatable bonds is 6. The van der Waals surface area contributed by atoms with E-state index in [1.165, 1.54) is 24.5 Å². The lowest BCUT2D eigenvalue weighted by molar-refractivity contribution is -0.116. The minimum absolute atomic E-state index is 0.0940. The van der Waals surface area contributed by atoms with Crippen LogP contribution in [0.2, 0.25) is 0 Å². The molecule has 4 aromatic rings. The summed E-state index contributed by atoms with van der Waals surface area (Å²) in [5.41, 5.74) is 4.86. The smallest absolute Gasteiger partial charge is 0.226 e. The van der Waals surface area contributed by atoms with Crippen LogP contribution in [0.3, 0.4) is 0 Å². The molecule has 0 unspecified atom stereocenters. The molecule has 160 valence electrons. The molecule has 32 heavy (non-hydrogen) atoms. The van der Waals surface area contributed by atoms with Crippen molar-refractivity contribution in [1.82, 2.24) is 19.6 Å². The molecule has 0 fully saturated rings. The number of aromatic nitrogens is 4. The minimum Gasteiger partial charge on any atom is -0.302 e. The Balaban J connectivity index is 1.52. The molecule has 4 rings (SSSR count). The molecule has 0 radical (unpaired) electrons. The molecule has 8 nitrogen and oxygen atoms in total. The highest BCUT2D eigenvalue weighted by Crippen LogP contribution is 2.31. The molecule has 0 spiro atoms. The Morgan fingerprint density at radius 1 is 1.19 bits per heavy atom. The highest BCUT2D eigenvalue weighted by atomic mass is 32.1. The summed E-state index contributed by atoms with van der Waals surface area (Å²) in [4.78, 5) is 34.2. The van der Waals surface area contributed by atoms with Crippen molar-refractivity contribution in [3.63, 3.8) is 0 Å². The quantitative estimate of drug-likeness (QED) is 0.448. The van der Waals surface area contributed by atoms with Gasteiger partial charge in [0.2, 0.25) is 5.91 Å². The Bertz CT molecular complexity index is 1380. The zero-order chi connectivity index (χ0) is 22.8. The molecule has 0 saturated heterocycles. The van der Waals surface area contributed by atoms with Gasteiger partial charge in [-0.25, -0.2) is 14.5 Å². The van der Waals surface area contributed by atoms with Gasteiger partial charge in [0.05, 0.1) is 16.8 Å². The van der Waals surface area contributed by atoms with Gasteiger partial charge in [0.15, 0.2) is 16.6 Å². The topological polar surface area (TPSA) is 113 Å². The van der Waals surface area contributed by atoms with Crippen molar-refractivity contribution in [1.29, 1.82) is 5.26 Å². The van der Waals surface area contributed by atoms with Gasteiger partial charge in [0, 0.05) is 30.3 Å². The highest BCUT2D eigenvalue weighted by Gasteiger charge is 2.19. The van der Waals surface area contributed by atoms with Crippen molar-refractivity contribution >= 4 is 33.8 Å². The summed E-state index contributed by atoms with van der Waals surface area (Å²) in [6.07, 6.45) is 2.17. The van der Waals surface area contributed by atoms with Crippen LogP contribution in [0.15, 0.2) is 36.5 Å². The monoisotopic (exact) mass is 444 g/mol. The molecule has 0 saturated carbocycles. The van der Waals surface area contributed by atoms with Crippen LogP contribution in [0, 0.1) is 25.2 Å². The molecule has 1 amide bonds. The van der Waals surface area contributed by atoms with E-state index in [1.807, 2.05) is 44.2 Å². The maximum atomic E-state index is 12.6. The van der Waals surface area contributed by atoms with Crippen LogP contribution < -0.4 is 5.32 Å². The number of aryl methyl sites for hydroxylation is 2. The molecule has 0 bridgehead atoms. The molecule has 3 aromatic heterocycles. The summed E-state index contributed by atoms with van der Waals surface area (Å²) in [7, 11) is 0. The predicted molar refractivity (Wildman–Crippen MR) is 122 cm³/mol. The van der Waals surface area contributed by atoms with E-state index in [-0.39, 0.29) is 18.1 Å². The van der Waals surface area contributed by atoms with Gasteiger partial charge in [-0.3, -0.25) is 9.59 Å². The van der Waals surface area contributed by atoms with Crippen molar-refractivity contribution < 1.29 is 9.59 Å². The standard InChI is InChI=1S/C23H20N6O2S/c1-13-18(14(2)29-22(26-13)17(11-24)12-25-29)9-10-19(31)27-23-28-20(21(32-23)15(3)30)16-7-5-4-6-8-16/h4-8,12H,9-10H2,1-3H3,(H,27,28,31). The maximum absolute atomic E-state index is 12.6. The van der Waals surface area contributed by atoms with Gasteiger partial charge in [-0.2, -0.15) is 10.4 Å².